The summed E-state index contributed by atoms with van der Waals surface area (Å²) >= 11 is 13.5. The SMILES string of the molecule is CC(C)N(Cc1nc2ccccc2c(=O)[nH]1)C(=O)CSc1cc(Cl)ccc1Cl. The maximum absolute atomic E-state index is 12.8. The molecule has 146 valence electrons. The number of aromatic nitrogens is 2. The van der Waals surface area contributed by atoms with E-state index >= 15 is 0 Å². The molecule has 1 amide bonds. The van der Waals surface area contributed by atoms with Crippen LogP contribution < -0.4 is 5.56 Å². The number of halogens is 2. The van der Waals surface area contributed by atoms with Gasteiger partial charge in [-0.1, -0.05) is 35.3 Å². The van der Waals surface area contributed by atoms with Gasteiger partial charge in [-0.25, -0.2) is 4.98 Å². The minimum absolute atomic E-state index is 0.0558. The zero-order valence-corrected chi connectivity index (χ0v) is 17.7. The van der Waals surface area contributed by atoms with Crippen LogP contribution in [0.5, 0.6) is 0 Å². The van der Waals surface area contributed by atoms with Crippen LogP contribution in [0.3, 0.4) is 0 Å². The molecule has 0 aliphatic carbocycles. The molecule has 1 N–H and O–H groups in total. The molecular formula is C20H19Cl2N3O2S. The molecule has 0 aliphatic heterocycles. The third kappa shape index (κ3) is 4.87. The molecule has 0 unspecified atom stereocenters. The van der Waals surface area contributed by atoms with Crippen molar-refractivity contribution in [1.29, 1.82) is 0 Å². The van der Waals surface area contributed by atoms with E-state index in [1.54, 1.807) is 41.3 Å². The largest absolute Gasteiger partial charge is 0.332 e. The van der Waals surface area contributed by atoms with Crippen LogP contribution in [0.1, 0.15) is 19.7 Å². The van der Waals surface area contributed by atoms with Crippen LogP contribution in [-0.4, -0.2) is 32.6 Å². The lowest BCUT2D eigenvalue weighted by Gasteiger charge is -2.26. The Morgan fingerprint density at radius 1 is 1.21 bits per heavy atom. The number of fused-ring (bicyclic) bond motifs is 1. The summed E-state index contributed by atoms with van der Waals surface area (Å²) in [5.74, 6) is 0.583. The zero-order chi connectivity index (χ0) is 20.3. The maximum atomic E-state index is 12.8. The molecule has 0 spiro atoms. The van der Waals surface area contributed by atoms with E-state index in [-0.39, 0.29) is 29.8 Å². The summed E-state index contributed by atoms with van der Waals surface area (Å²) < 4.78 is 0. The maximum Gasteiger partial charge on any atom is 0.258 e. The summed E-state index contributed by atoms with van der Waals surface area (Å²) in [5, 5.41) is 1.65. The summed E-state index contributed by atoms with van der Waals surface area (Å²) in [6.45, 7) is 4.07. The molecule has 0 bridgehead atoms. The van der Waals surface area contributed by atoms with Crippen molar-refractivity contribution in [3.63, 3.8) is 0 Å². The molecule has 0 atom stereocenters. The summed E-state index contributed by atoms with van der Waals surface area (Å²) in [5.41, 5.74) is 0.398. The van der Waals surface area contributed by atoms with Gasteiger partial charge in [0.1, 0.15) is 5.82 Å². The topological polar surface area (TPSA) is 66.1 Å². The number of rotatable bonds is 6. The van der Waals surface area contributed by atoms with Gasteiger partial charge in [-0.15, -0.1) is 11.8 Å². The molecule has 8 heteroatoms. The predicted molar refractivity (Wildman–Crippen MR) is 115 cm³/mol. The fourth-order valence-electron chi connectivity index (χ4n) is 2.74. The number of nitrogens with zero attached hydrogens (tertiary/aromatic N) is 2. The van der Waals surface area contributed by atoms with Gasteiger partial charge < -0.3 is 9.88 Å². The highest BCUT2D eigenvalue weighted by Gasteiger charge is 2.19. The lowest BCUT2D eigenvalue weighted by molar-refractivity contribution is -0.130. The molecule has 0 saturated heterocycles. The van der Waals surface area contributed by atoms with Gasteiger partial charge in [0.25, 0.3) is 5.56 Å². The average Bonchev–Trinajstić information content (AvgIpc) is 2.66. The molecule has 28 heavy (non-hydrogen) atoms. The first-order valence-electron chi connectivity index (χ1n) is 8.70. The smallest absolute Gasteiger partial charge is 0.258 e. The van der Waals surface area contributed by atoms with Crippen molar-refractivity contribution in [2.24, 2.45) is 0 Å². The Kier molecular flexibility index (Phi) is 6.65. The monoisotopic (exact) mass is 435 g/mol. The second-order valence-electron chi connectivity index (χ2n) is 6.51. The fraction of sp³-hybridized carbons (Fsp3) is 0.250. The number of thioether (sulfide) groups is 1. The number of para-hydroxylation sites is 1. The molecular weight excluding hydrogens is 417 g/mol. The lowest BCUT2D eigenvalue weighted by Crippen LogP contribution is -2.38. The summed E-state index contributed by atoms with van der Waals surface area (Å²) in [6.07, 6.45) is 0. The molecule has 0 radical (unpaired) electrons. The van der Waals surface area contributed by atoms with Gasteiger partial charge >= 0.3 is 0 Å². The van der Waals surface area contributed by atoms with Crippen LogP contribution >= 0.6 is 35.0 Å². The Labute approximate surface area is 177 Å². The van der Waals surface area contributed by atoms with Crippen LogP contribution in [-0.2, 0) is 11.3 Å². The van der Waals surface area contributed by atoms with Crippen molar-refractivity contribution in [3.8, 4) is 0 Å². The van der Waals surface area contributed by atoms with E-state index < -0.39 is 0 Å². The molecule has 1 heterocycles. The van der Waals surface area contributed by atoms with Gasteiger partial charge in [-0.05, 0) is 44.2 Å². The molecule has 0 aliphatic rings. The number of carbonyl (C=O) groups is 1. The summed E-state index contributed by atoms with van der Waals surface area (Å²) in [4.78, 5) is 34.8. The highest BCUT2D eigenvalue weighted by molar-refractivity contribution is 8.00. The highest BCUT2D eigenvalue weighted by atomic mass is 35.5. The first kappa shape index (κ1) is 20.7. The van der Waals surface area contributed by atoms with Crippen molar-refractivity contribution in [2.75, 3.05) is 5.75 Å². The van der Waals surface area contributed by atoms with Crippen LogP contribution in [0, 0.1) is 0 Å². The van der Waals surface area contributed by atoms with E-state index in [4.69, 9.17) is 23.2 Å². The Morgan fingerprint density at radius 2 is 1.96 bits per heavy atom. The van der Waals surface area contributed by atoms with Gasteiger partial charge in [0.15, 0.2) is 0 Å². The number of carbonyl (C=O) groups excluding carboxylic acids is 1. The number of hydrogen-bond donors (Lipinski definition) is 1. The Hall–Kier alpha value is -2.02. The quantitative estimate of drug-likeness (QED) is 0.566. The molecule has 3 rings (SSSR count). The lowest BCUT2D eigenvalue weighted by atomic mass is 10.2. The van der Waals surface area contributed by atoms with Crippen LogP contribution in [0.15, 0.2) is 52.2 Å². The van der Waals surface area contributed by atoms with Crippen molar-refractivity contribution >= 4 is 51.8 Å². The first-order chi connectivity index (χ1) is 13.3. The van der Waals surface area contributed by atoms with E-state index in [0.29, 0.717) is 26.8 Å². The normalized spacial score (nSPS) is 11.2. The van der Waals surface area contributed by atoms with E-state index in [9.17, 15) is 9.59 Å². The summed E-state index contributed by atoms with van der Waals surface area (Å²) in [7, 11) is 0. The predicted octanol–water partition coefficient (Wildman–Crippen LogP) is 4.76. The highest BCUT2D eigenvalue weighted by Crippen LogP contribution is 2.30. The van der Waals surface area contributed by atoms with E-state index in [1.165, 1.54) is 11.8 Å². The zero-order valence-electron chi connectivity index (χ0n) is 15.4. The van der Waals surface area contributed by atoms with E-state index in [0.717, 1.165) is 4.90 Å². The van der Waals surface area contributed by atoms with Crippen molar-refractivity contribution in [2.45, 2.75) is 31.3 Å². The van der Waals surface area contributed by atoms with Crippen molar-refractivity contribution < 1.29 is 4.79 Å². The Morgan fingerprint density at radius 3 is 2.71 bits per heavy atom. The minimum Gasteiger partial charge on any atom is -0.332 e. The van der Waals surface area contributed by atoms with Gasteiger partial charge in [-0.3, -0.25) is 9.59 Å². The standard InChI is InChI=1S/C20H19Cl2N3O2S/c1-12(2)25(19(26)11-28-17-9-13(21)7-8-15(17)22)10-18-23-16-6-4-3-5-14(16)20(27)24-18/h3-9,12H,10-11H2,1-2H3,(H,23,24,27). The number of amides is 1. The van der Waals surface area contributed by atoms with E-state index in [1.807, 2.05) is 19.9 Å². The molecule has 0 fully saturated rings. The van der Waals surface area contributed by atoms with E-state index in [2.05, 4.69) is 9.97 Å². The number of H-pyrrole nitrogens is 1. The van der Waals surface area contributed by atoms with Gasteiger partial charge in [0.05, 0.1) is 28.2 Å². The molecule has 0 saturated carbocycles. The number of hydrogen-bond acceptors (Lipinski definition) is 4. The van der Waals surface area contributed by atoms with Crippen LogP contribution in [0.2, 0.25) is 10.0 Å². The van der Waals surface area contributed by atoms with Gasteiger partial charge in [0.2, 0.25) is 5.91 Å². The van der Waals surface area contributed by atoms with Crippen molar-refractivity contribution in [1.82, 2.24) is 14.9 Å². The average molecular weight is 436 g/mol. The first-order valence-corrected chi connectivity index (χ1v) is 10.4. The molecule has 5 nitrogen and oxygen atoms in total. The number of aromatic amines is 1. The minimum atomic E-state index is -0.211. The molecule has 2 aromatic carbocycles. The van der Waals surface area contributed by atoms with Crippen molar-refractivity contribution in [3.05, 3.63) is 68.7 Å². The van der Waals surface area contributed by atoms with Crippen LogP contribution in [0.25, 0.3) is 10.9 Å². The summed E-state index contributed by atoms with van der Waals surface area (Å²) in [6, 6.07) is 12.2. The molecule has 1 aromatic heterocycles. The second kappa shape index (κ2) is 8.99. The Balaban J connectivity index is 1.77. The second-order valence-corrected chi connectivity index (χ2v) is 8.37. The Bertz CT molecular complexity index is 1070. The fourth-order valence-corrected chi connectivity index (χ4v) is 4.12. The number of benzene rings is 2. The van der Waals surface area contributed by atoms with Gasteiger partial charge in [-0.2, -0.15) is 0 Å². The number of nitrogens with one attached hydrogen (secondary N) is 1. The van der Waals surface area contributed by atoms with Crippen LogP contribution in [0.4, 0.5) is 0 Å². The third-order valence-corrected chi connectivity index (χ3v) is 5.89. The third-order valence-electron chi connectivity index (χ3n) is 4.17. The van der Waals surface area contributed by atoms with Gasteiger partial charge in [0, 0.05) is 16.0 Å². The molecule has 3 aromatic rings.